The average Bonchev–Trinajstić information content (AvgIpc) is 2.03. The van der Waals surface area contributed by atoms with Crippen LogP contribution >= 0.6 is 0 Å². The number of hydrogen-bond acceptors (Lipinski definition) is 0. The van der Waals surface area contributed by atoms with Crippen molar-refractivity contribution in [3.8, 4) is 22.5 Å². The van der Waals surface area contributed by atoms with Crippen molar-refractivity contribution >= 4 is 29.9 Å². The Hall–Kier alpha value is 0.159. The quantitative estimate of drug-likeness (QED) is 0.393. The van der Waals surface area contributed by atoms with Crippen LogP contribution in [0.3, 0.4) is 0 Å². The van der Waals surface area contributed by atoms with E-state index in [0.717, 1.165) is 0 Å². The van der Waals surface area contributed by atoms with Crippen molar-refractivity contribution in [2.45, 2.75) is 29.9 Å². The van der Waals surface area contributed by atoms with Gasteiger partial charge in [0.25, 0.3) is 0 Å². The van der Waals surface area contributed by atoms with Gasteiger partial charge in [0.1, 0.15) is 0 Å². The zero-order chi connectivity index (χ0) is 8.36. The summed E-state index contributed by atoms with van der Waals surface area (Å²) in [4.78, 5) is 5.41. The third-order valence-electron chi connectivity index (χ3n) is 1.16. The molecule has 0 rings (SSSR count). The minimum absolute atomic E-state index is 0.456. The molecule has 11 heavy (non-hydrogen) atoms. The average molecular weight is 278 g/mol. The molecule has 0 saturated heterocycles. The number of hydrogen-bond donors (Lipinski definition) is 0. The molecule has 0 amide bonds. The van der Waals surface area contributed by atoms with E-state index in [4.69, 9.17) is 12.8 Å². The van der Waals surface area contributed by atoms with Crippen LogP contribution < -0.4 is 0 Å². The topological polar surface area (TPSA) is 0 Å². The summed E-state index contributed by atoms with van der Waals surface area (Å²) >= 11 is 0.911. The fraction of sp³-hybridized carbons (Fsp3) is 0.556. The SMILES string of the molecule is C#C[Se]CCCCC[Se]C#C. The Morgan fingerprint density at radius 3 is 1.64 bits per heavy atom. The van der Waals surface area contributed by atoms with Crippen LogP contribution in [0.25, 0.3) is 0 Å². The van der Waals surface area contributed by atoms with Gasteiger partial charge in [-0.25, -0.2) is 0 Å². The van der Waals surface area contributed by atoms with Crippen LogP contribution in [0.5, 0.6) is 0 Å². The first-order chi connectivity index (χ1) is 5.41. The Kier molecular flexibility index (Phi) is 10.3. The van der Waals surface area contributed by atoms with E-state index < -0.39 is 0 Å². The van der Waals surface area contributed by atoms with Crippen LogP contribution in [0.1, 0.15) is 19.3 Å². The molecule has 0 N–H and O–H groups in total. The molecule has 0 aliphatic carbocycles. The monoisotopic (exact) mass is 280 g/mol. The van der Waals surface area contributed by atoms with Crippen molar-refractivity contribution in [1.29, 1.82) is 0 Å². The van der Waals surface area contributed by atoms with Gasteiger partial charge in [0.05, 0.1) is 0 Å². The zero-order valence-corrected chi connectivity index (χ0v) is 9.93. The summed E-state index contributed by atoms with van der Waals surface area (Å²) < 4.78 is 0. The van der Waals surface area contributed by atoms with Crippen molar-refractivity contribution in [2.75, 3.05) is 0 Å². The third-order valence-corrected chi connectivity index (χ3v) is 3.93. The molecule has 60 valence electrons. The molecule has 0 atom stereocenters. The van der Waals surface area contributed by atoms with Crippen LogP contribution in [0.2, 0.25) is 10.6 Å². The standard InChI is InChI=1S/C9H12Se2/c1-3-10-8-6-5-7-9-11-4-2/h1-2H,5-9H2. The van der Waals surface area contributed by atoms with Gasteiger partial charge in [-0.15, -0.1) is 0 Å². The van der Waals surface area contributed by atoms with Crippen LogP contribution in [0, 0.1) is 22.5 Å². The van der Waals surface area contributed by atoms with Crippen molar-refractivity contribution in [3.63, 3.8) is 0 Å². The van der Waals surface area contributed by atoms with Crippen molar-refractivity contribution in [2.24, 2.45) is 0 Å². The Labute approximate surface area is 82.2 Å². The summed E-state index contributed by atoms with van der Waals surface area (Å²) in [5, 5.41) is 2.49. The molecule has 0 fully saturated rings. The van der Waals surface area contributed by atoms with Gasteiger partial charge in [-0.1, -0.05) is 0 Å². The van der Waals surface area contributed by atoms with E-state index in [0.29, 0.717) is 29.9 Å². The van der Waals surface area contributed by atoms with Crippen LogP contribution in [-0.2, 0) is 0 Å². The van der Waals surface area contributed by atoms with Gasteiger partial charge in [-0.05, 0) is 0 Å². The van der Waals surface area contributed by atoms with E-state index in [9.17, 15) is 0 Å². The Morgan fingerprint density at radius 2 is 1.27 bits per heavy atom. The molecule has 0 heterocycles. The molecule has 0 saturated carbocycles. The molecule has 0 aromatic carbocycles. The fourth-order valence-electron chi connectivity index (χ4n) is 0.643. The molecule has 2 heteroatoms. The number of unbranched alkanes of at least 4 members (excludes halogenated alkanes) is 2. The van der Waals surface area contributed by atoms with E-state index in [1.54, 1.807) is 0 Å². The zero-order valence-electron chi connectivity index (χ0n) is 6.51. The molecule has 0 nitrogen and oxygen atoms in total. The van der Waals surface area contributed by atoms with E-state index in [1.807, 2.05) is 0 Å². The van der Waals surface area contributed by atoms with Crippen LogP contribution in [0.15, 0.2) is 0 Å². The summed E-state index contributed by atoms with van der Waals surface area (Å²) in [6.07, 6.45) is 14.2. The second kappa shape index (κ2) is 10.2. The fourth-order valence-corrected chi connectivity index (χ4v) is 2.60. The molecule has 0 radical (unpaired) electrons. The van der Waals surface area contributed by atoms with Crippen molar-refractivity contribution in [1.82, 2.24) is 0 Å². The molecule has 0 aliphatic rings. The van der Waals surface area contributed by atoms with Crippen LogP contribution in [0.4, 0.5) is 0 Å². The van der Waals surface area contributed by atoms with Gasteiger partial charge in [0, 0.05) is 0 Å². The van der Waals surface area contributed by atoms with Gasteiger partial charge in [-0.3, -0.25) is 0 Å². The van der Waals surface area contributed by atoms with Gasteiger partial charge in [0.2, 0.25) is 0 Å². The van der Waals surface area contributed by atoms with Gasteiger partial charge >= 0.3 is 82.3 Å². The number of rotatable bonds is 6. The second-order valence-electron chi connectivity index (χ2n) is 1.99. The van der Waals surface area contributed by atoms with Crippen molar-refractivity contribution < 1.29 is 0 Å². The minimum atomic E-state index is 0.456. The Morgan fingerprint density at radius 1 is 0.818 bits per heavy atom. The molecule has 0 aromatic heterocycles. The Balaban J connectivity index is 2.82. The molecular formula is C9H12Se2. The summed E-state index contributed by atoms with van der Waals surface area (Å²) in [7, 11) is 0. The maximum absolute atomic E-state index is 5.15. The van der Waals surface area contributed by atoms with Gasteiger partial charge in [-0.2, -0.15) is 0 Å². The van der Waals surface area contributed by atoms with E-state index in [2.05, 4.69) is 9.64 Å². The van der Waals surface area contributed by atoms with E-state index >= 15 is 0 Å². The van der Waals surface area contributed by atoms with Gasteiger partial charge in [0.15, 0.2) is 0 Å². The third kappa shape index (κ3) is 10.2. The normalized spacial score (nSPS) is 8.55. The summed E-state index contributed by atoms with van der Waals surface area (Å²) in [6.45, 7) is 0. The Bertz CT molecular complexity index is 132. The predicted octanol–water partition coefficient (Wildman–Crippen LogP) is 1.58. The molecule has 0 unspecified atom stereocenters. The molecule has 0 aromatic rings. The first kappa shape index (κ1) is 11.2. The second-order valence-corrected chi connectivity index (χ2v) is 5.91. The first-order valence-corrected chi connectivity index (χ1v) is 7.70. The van der Waals surface area contributed by atoms with Crippen molar-refractivity contribution in [3.05, 3.63) is 0 Å². The summed E-state index contributed by atoms with van der Waals surface area (Å²) in [6, 6.07) is 0. The summed E-state index contributed by atoms with van der Waals surface area (Å²) in [5.41, 5.74) is 0. The molecule has 0 aliphatic heterocycles. The van der Waals surface area contributed by atoms with Gasteiger partial charge < -0.3 is 0 Å². The van der Waals surface area contributed by atoms with Crippen LogP contribution in [-0.4, -0.2) is 29.9 Å². The molecule has 0 spiro atoms. The van der Waals surface area contributed by atoms with E-state index in [1.165, 1.54) is 29.9 Å². The first-order valence-electron chi connectivity index (χ1n) is 3.56. The molecule has 0 bridgehead atoms. The predicted molar refractivity (Wildman–Crippen MR) is 52.6 cm³/mol. The maximum atomic E-state index is 5.15. The molecular weight excluding hydrogens is 266 g/mol. The summed E-state index contributed by atoms with van der Waals surface area (Å²) in [5.74, 6) is 0. The number of terminal acetylenes is 2. The van der Waals surface area contributed by atoms with E-state index in [-0.39, 0.29) is 0 Å².